The van der Waals surface area contributed by atoms with Gasteiger partial charge in [0.15, 0.2) is 0 Å². The number of nitrogens with zero attached hydrogens (tertiary/aromatic N) is 3. The van der Waals surface area contributed by atoms with E-state index in [1.807, 2.05) is 24.4 Å². The lowest BCUT2D eigenvalue weighted by Gasteiger charge is -2.11. The Hall–Kier alpha value is -2.83. The minimum atomic E-state index is 0.807. The number of aromatic nitrogens is 3. The Morgan fingerprint density at radius 1 is 0.966 bits per heavy atom. The third kappa shape index (κ3) is 3.28. The molecule has 0 radical (unpaired) electrons. The lowest BCUT2D eigenvalue weighted by Crippen LogP contribution is -1.97. The number of fused-ring (bicyclic) bond motifs is 2. The fourth-order valence-corrected chi connectivity index (χ4v) is 4.94. The van der Waals surface area contributed by atoms with Crippen molar-refractivity contribution < 1.29 is 0 Å². The van der Waals surface area contributed by atoms with Gasteiger partial charge in [-0.15, -0.1) is 11.3 Å². The van der Waals surface area contributed by atoms with Crippen LogP contribution in [0.5, 0.6) is 0 Å². The van der Waals surface area contributed by atoms with E-state index in [9.17, 15) is 0 Å². The van der Waals surface area contributed by atoms with E-state index in [0.717, 1.165) is 43.5 Å². The number of aryl methyl sites for hydroxylation is 1. The average molecular weight is 461 g/mol. The molecule has 0 aliphatic rings. The molecule has 0 spiro atoms. The summed E-state index contributed by atoms with van der Waals surface area (Å²) in [6.45, 7) is 2.18. The second-order valence-electron chi connectivity index (χ2n) is 6.67. The first kappa shape index (κ1) is 18.2. The molecule has 142 valence electrons. The van der Waals surface area contributed by atoms with Crippen LogP contribution in [0.3, 0.4) is 0 Å². The van der Waals surface area contributed by atoms with Crippen LogP contribution in [0.15, 0.2) is 71.6 Å². The van der Waals surface area contributed by atoms with E-state index in [1.165, 1.54) is 16.0 Å². The summed E-state index contributed by atoms with van der Waals surface area (Å²) in [6.07, 6.45) is 4.39. The van der Waals surface area contributed by atoms with E-state index in [0.29, 0.717) is 0 Å². The molecule has 0 aliphatic carbocycles. The van der Waals surface area contributed by atoms with Gasteiger partial charge >= 0.3 is 0 Å². The molecule has 0 fully saturated rings. The Morgan fingerprint density at radius 3 is 2.62 bits per heavy atom. The van der Waals surface area contributed by atoms with Crippen LogP contribution in [0.2, 0.25) is 0 Å². The highest BCUT2D eigenvalue weighted by molar-refractivity contribution is 9.10. The molecule has 0 unspecified atom stereocenters. The van der Waals surface area contributed by atoms with Gasteiger partial charge in [0.2, 0.25) is 0 Å². The number of thiophene rings is 1. The summed E-state index contributed by atoms with van der Waals surface area (Å²) in [6, 6.07) is 18.6. The number of nitrogens with one attached hydrogen (secondary N) is 1. The summed E-state index contributed by atoms with van der Waals surface area (Å²) in [7, 11) is 0. The number of hydrogen-bond acceptors (Lipinski definition) is 5. The van der Waals surface area contributed by atoms with E-state index >= 15 is 0 Å². The van der Waals surface area contributed by atoms with Gasteiger partial charge in [-0.3, -0.25) is 4.98 Å². The lowest BCUT2D eigenvalue weighted by atomic mass is 10.0. The van der Waals surface area contributed by atoms with Gasteiger partial charge in [0.1, 0.15) is 17.0 Å². The molecule has 0 atom stereocenters. The maximum Gasteiger partial charge on any atom is 0.143 e. The molecule has 5 aromatic rings. The Labute approximate surface area is 180 Å². The molecular weight excluding hydrogens is 444 g/mol. The molecule has 6 heteroatoms. The fraction of sp³-hybridized carbons (Fsp3) is 0.0870. The molecule has 0 aliphatic heterocycles. The van der Waals surface area contributed by atoms with Crippen LogP contribution in [0.1, 0.15) is 11.8 Å². The molecule has 0 saturated carbocycles. The highest BCUT2D eigenvalue weighted by Gasteiger charge is 2.18. The summed E-state index contributed by atoms with van der Waals surface area (Å²) in [4.78, 5) is 16.0. The van der Waals surface area contributed by atoms with Crippen molar-refractivity contribution in [3.8, 4) is 11.1 Å². The van der Waals surface area contributed by atoms with Crippen molar-refractivity contribution >= 4 is 59.9 Å². The van der Waals surface area contributed by atoms with Gasteiger partial charge in [-0.25, -0.2) is 9.97 Å². The van der Waals surface area contributed by atoms with Crippen molar-refractivity contribution in [1.82, 2.24) is 15.0 Å². The van der Waals surface area contributed by atoms with Gasteiger partial charge in [0, 0.05) is 26.5 Å². The van der Waals surface area contributed by atoms with Gasteiger partial charge in [0.05, 0.1) is 16.6 Å². The van der Waals surface area contributed by atoms with Crippen LogP contribution in [-0.4, -0.2) is 15.0 Å². The minimum Gasteiger partial charge on any atom is -0.338 e. The van der Waals surface area contributed by atoms with Gasteiger partial charge in [-0.05, 0) is 36.2 Å². The Balaban J connectivity index is 1.72. The van der Waals surface area contributed by atoms with Crippen LogP contribution in [-0.2, 0) is 6.42 Å². The summed E-state index contributed by atoms with van der Waals surface area (Å²) < 4.78 is 1.07. The van der Waals surface area contributed by atoms with E-state index in [-0.39, 0.29) is 0 Å². The number of para-hydroxylation sites is 1. The fourth-order valence-electron chi connectivity index (χ4n) is 3.58. The summed E-state index contributed by atoms with van der Waals surface area (Å²) in [5, 5.41) is 5.69. The third-order valence-electron chi connectivity index (χ3n) is 4.90. The standard InChI is InChI=1S/C23H17BrN4S/c1-2-18-19(14-8-10-16(24)11-9-14)20-22(26-13-27-23(20)29-18)28-17-7-3-5-15-6-4-12-25-21(15)17/h3-13H,2H2,1H3,(H,26,27,28). The molecule has 2 aromatic carbocycles. The zero-order chi connectivity index (χ0) is 19.8. The molecule has 1 N–H and O–H groups in total. The number of benzene rings is 2. The van der Waals surface area contributed by atoms with E-state index in [1.54, 1.807) is 17.7 Å². The summed E-state index contributed by atoms with van der Waals surface area (Å²) >= 11 is 5.27. The first-order chi connectivity index (χ1) is 14.2. The van der Waals surface area contributed by atoms with E-state index in [2.05, 4.69) is 79.5 Å². The van der Waals surface area contributed by atoms with Crippen LogP contribution in [0.25, 0.3) is 32.2 Å². The Kier molecular flexibility index (Phi) is 4.73. The second-order valence-corrected chi connectivity index (χ2v) is 8.67. The number of pyridine rings is 1. The number of hydrogen-bond donors (Lipinski definition) is 1. The first-order valence-electron chi connectivity index (χ1n) is 9.37. The zero-order valence-electron chi connectivity index (χ0n) is 15.7. The normalized spacial score (nSPS) is 11.2. The molecule has 0 saturated heterocycles. The molecule has 3 heterocycles. The van der Waals surface area contributed by atoms with Crippen molar-refractivity contribution in [3.63, 3.8) is 0 Å². The first-order valence-corrected chi connectivity index (χ1v) is 11.0. The van der Waals surface area contributed by atoms with E-state index in [4.69, 9.17) is 0 Å². The SMILES string of the molecule is CCc1sc2ncnc(Nc3cccc4cccnc34)c2c1-c1ccc(Br)cc1. The molecule has 0 bridgehead atoms. The summed E-state index contributed by atoms with van der Waals surface area (Å²) in [5.74, 6) is 0.807. The van der Waals surface area contributed by atoms with E-state index < -0.39 is 0 Å². The lowest BCUT2D eigenvalue weighted by molar-refractivity contribution is 1.19. The van der Waals surface area contributed by atoms with Gasteiger partial charge in [0.25, 0.3) is 0 Å². The molecule has 29 heavy (non-hydrogen) atoms. The van der Waals surface area contributed by atoms with Gasteiger partial charge in [-0.2, -0.15) is 0 Å². The van der Waals surface area contributed by atoms with Crippen molar-refractivity contribution in [2.45, 2.75) is 13.3 Å². The number of rotatable bonds is 4. The zero-order valence-corrected chi connectivity index (χ0v) is 18.1. The number of halogens is 1. The van der Waals surface area contributed by atoms with Crippen molar-refractivity contribution in [3.05, 3.63) is 76.5 Å². The predicted octanol–water partition coefficient (Wildman–Crippen LogP) is 6.98. The van der Waals surface area contributed by atoms with Crippen LogP contribution in [0.4, 0.5) is 11.5 Å². The molecule has 5 rings (SSSR count). The smallest absolute Gasteiger partial charge is 0.143 e. The second kappa shape index (κ2) is 7.54. The maximum atomic E-state index is 4.61. The van der Waals surface area contributed by atoms with Crippen LogP contribution < -0.4 is 5.32 Å². The van der Waals surface area contributed by atoms with Crippen molar-refractivity contribution in [1.29, 1.82) is 0 Å². The highest BCUT2D eigenvalue weighted by atomic mass is 79.9. The molecule has 3 aromatic heterocycles. The predicted molar refractivity (Wildman–Crippen MR) is 125 cm³/mol. The minimum absolute atomic E-state index is 0.807. The Bertz CT molecular complexity index is 1320. The third-order valence-corrected chi connectivity index (χ3v) is 6.67. The van der Waals surface area contributed by atoms with Crippen molar-refractivity contribution in [2.24, 2.45) is 0 Å². The molecule has 4 nitrogen and oxygen atoms in total. The molecular formula is C23H17BrN4S. The topological polar surface area (TPSA) is 50.7 Å². The quantitative estimate of drug-likeness (QED) is 0.314. The van der Waals surface area contributed by atoms with Gasteiger partial charge in [-0.1, -0.05) is 53.2 Å². The van der Waals surface area contributed by atoms with Crippen LogP contribution >= 0.6 is 27.3 Å². The highest BCUT2D eigenvalue weighted by Crippen LogP contribution is 2.42. The maximum absolute atomic E-state index is 4.61. The largest absolute Gasteiger partial charge is 0.338 e. The van der Waals surface area contributed by atoms with Crippen molar-refractivity contribution in [2.75, 3.05) is 5.32 Å². The van der Waals surface area contributed by atoms with Gasteiger partial charge < -0.3 is 5.32 Å². The molecule has 0 amide bonds. The monoisotopic (exact) mass is 460 g/mol. The average Bonchev–Trinajstić information content (AvgIpc) is 3.14. The van der Waals surface area contributed by atoms with Crippen LogP contribution in [0, 0.1) is 0 Å². The Morgan fingerprint density at radius 2 is 1.79 bits per heavy atom. The summed E-state index contributed by atoms with van der Waals surface area (Å²) in [5.41, 5.74) is 4.24. The number of anilines is 2.